The molecule has 0 saturated carbocycles. The molecule has 1 aromatic heterocycles. The molecule has 0 aliphatic rings. The summed E-state index contributed by atoms with van der Waals surface area (Å²) in [5, 5.41) is 0.581. The van der Waals surface area contributed by atoms with E-state index in [2.05, 4.69) is 4.98 Å². The van der Waals surface area contributed by atoms with E-state index in [9.17, 15) is 4.79 Å². The first-order valence-corrected chi connectivity index (χ1v) is 3.19. The first-order valence-electron chi connectivity index (χ1n) is 2.81. The van der Waals surface area contributed by atoms with Gasteiger partial charge in [0.25, 0.3) is 0 Å². The topological polar surface area (TPSA) is 30.0 Å². The Hall–Kier alpha value is -0.890. The molecule has 0 radical (unpaired) electrons. The number of aromatic nitrogens is 1. The predicted molar refractivity (Wildman–Crippen MR) is 39.4 cm³/mol. The van der Waals surface area contributed by atoms with Gasteiger partial charge in [-0.15, -0.1) is 0 Å². The zero-order chi connectivity index (χ0) is 7.56. The van der Waals surface area contributed by atoms with Crippen LogP contribution in [0.1, 0.15) is 16.1 Å². The van der Waals surface area contributed by atoms with Gasteiger partial charge in [0.15, 0.2) is 6.29 Å². The highest BCUT2D eigenvalue weighted by Crippen LogP contribution is 2.12. The fourth-order valence-electron chi connectivity index (χ4n) is 0.578. The second-order valence-corrected chi connectivity index (χ2v) is 2.38. The number of carbonyl (C=O) groups excluding carboxylic acids is 1. The lowest BCUT2D eigenvalue weighted by Crippen LogP contribution is -1.86. The van der Waals surface area contributed by atoms with Crippen molar-refractivity contribution >= 4 is 17.9 Å². The first-order chi connectivity index (χ1) is 4.74. The van der Waals surface area contributed by atoms with Gasteiger partial charge in [0.05, 0.1) is 0 Å². The van der Waals surface area contributed by atoms with E-state index in [4.69, 9.17) is 11.6 Å². The van der Waals surface area contributed by atoms with Gasteiger partial charge in [0.2, 0.25) is 0 Å². The third kappa shape index (κ3) is 1.33. The Kier molecular flexibility index (Phi) is 2.02. The number of aryl methyl sites for hydroxylation is 1. The minimum atomic E-state index is 0.371. The summed E-state index contributed by atoms with van der Waals surface area (Å²) < 4.78 is 0. The lowest BCUT2D eigenvalue weighted by atomic mass is 10.3. The number of hydrogen-bond acceptors (Lipinski definition) is 2. The normalized spacial score (nSPS) is 9.40. The second kappa shape index (κ2) is 2.80. The van der Waals surface area contributed by atoms with Crippen molar-refractivity contribution in [3.63, 3.8) is 0 Å². The van der Waals surface area contributed by atoms with Crippen molar-refractivity contribution in [1.29, 1.82) is 0 Å². The number of carbonyl (C=O) groups is 1. The molecule has 0 N–H and O–H groups in total. The SMILES string of the molecule is Cc1cnc(C=O)cc1Cl. The second-order valence-electron chi connectivity index (χ2n) is 1.98. The molecule has 0 aromatic carbocycles. The summed E-state index contributed by atoms with van der Waals surface area (Å²) in [6.45, 7) is 1.84. The quantitative estimate of drug-likeness (QED) is 0.580. The molecule has 1 aromatic rings. The fraction of sp³-hybridized carbons (Fsp3) is 0.143. The summed E-state index contributed by atoms with van der Waals surface area (Å²) in [5.74, 6) is 0. The van der Waals surface area contributed by atoms with E-state index in [1.807, 2.05) is 6.92 Å². The Balaban J connectivity index is 3.16. The van der Waals surface area contributed by atoms with Crippen molar-refractivity contribution in [2.75, 3.05) is 0 Å². The van der Waals surface area contributed by atoms with Gasteiger partial charge in [-0.1, -0.05) is 11.6 Å². The van der Waals surface area contributed by atoms with E-state index in [-0.39, 0.29) is 0 Å². The summed E-state index contributed by atoms with van der Waals surface area (Å²) >= 11 is 5.69. The minimum Gasteiger partial charge on any atom is -0.296 e. The summed E-state index contributed by atoms with van der Waals surface area (Å²) in [4.78, 5) is 14.0. The number of halogens is 1. The molecule has 0 unspecified atom stereocenters. The van der Waals surface area contributed by atoms with Crippen LogP contribution in [-0.4, -0.2) is 11.3 Å². The minimum absolute atomic E-state index is 0.371. The fourth-order valence-corrected chi connectivity index (χ4v) is 0.739. The monoisotopic (exact) mass is 155 g/mol. The molecular weight excluding hydrogens is 150 g/mol. The predicted octanol–water partition coefficient (Wildman–Crippen LogP) is 1.86. The molecule has 0 spiro atoms. The van der Waals surface area contributed by atoms with Gasteiger partial charge in [-0.05, 0) is 18.6 Å². The summed E-state index contributed by atoms with van der Waals surface area (Å²) in [6, 6.07) is 1.55. The van der Waals surface area contributed by atoms with Crippen molar-refractivity contribution in [3.05, 3.63) is 28.5 Å². The van der Waals surface area contributed by atoms with Crippen molar-refractivity contribution in [1.82, 2.24) is 4.98 Å². The van der Waals surface area contributed by atoms with Gasteiger partial charge < -0.3 is 0 Å². The van der Waals surface area contributed by atoms with Gasteiger partial charge in [0, 0.05) is 11.2 Å². The maximum atomic E-state index is 10.1. The average molecular weight is 156 g/mol. The molecule has 0 bridgehead atoms. The Morgan fingerprint density at radius 3 is 2.90 bits per heavy atom. The lowest BCUT2D eigenvalue weighted by molar-refractivity contribution is 0.111. The van der Waals surface area contributed by atoms with Gasteiger partial charge in [0.1, 0.15) is 5.69 Å². The Bertz CT molecular complexity index is 260. The Labute approximate surface area is 63.8 Å². The molecule has 0 atom stereocenters. The third-order valence-corrected chi connectivity index (χ3v) is 1.59. The van der Waals surface area contributed by atoms with E-state index >= 15 is 0 Å². The van der Waals surface area contributed by atoms with Crippen molar-refractivity contribution in [3.8, 4) is 0 Å². The van der Waals surface area contributed by atoms with Crippen LogP contribution in [0.2, 0.25) is 5.02 Å². The van der Waals surface area contributed by atoms with Crippen molar-refractivity contribution < 1.29 is 4.79 Å². The number of aldehydes is 1. The number of rotatable bonds is 1. The van der Waals surface area contributed by atoms with Crippen LogP contribution in [0.4, 0.5) is 0 Å². The van der Waals surface area contributed by atoms with E-state index < -0.39 is 0 Å². The van der Waals surface area contributed by atoms with Crippen molar-refractivity contribution in [2.24, 2.45) is 0 Å². The first kappa shape index (κ1) is 7.22. The van der Waals surface area contributed by atoms with Crippen LogP contribution in [0.5, 0.6) is 0 Å². The highest BCUT2D eigenvalue weighted by Gasteiger charge is 1.96. The van der Waals surface area contributed by atoms with Crippen LogP contribution in [-0.2, 0) is 0 Å². The van der Waals surface area contributed by atoms with E-state index in [0.717, 1.165) is 5.56 Å². The molecule has 0 saturated heterocycles. The largest absolute Gasteiger partial charge is 0.296 e. The molecular formula is C7H6ClNO. The smallest absolute Gasteiger partial charge is 0.168 e. The van der Waals surface area contributed by atoms with Gasteiger partial charge in [-0.25, -0.2) is 0 Å². The molecule has 3 heteroatoms. The molecule has 1 rings (SSSR count). The highest BCUT2D eigenvalue weighted by atomic mass is 35.5. The molecule has 0 fully saturated rings. The Morgan fingerprint density at radius 2 is 2.40 bits per heavy atom. The molecule has 52 valence electrons. The molecule has 0 aliphatic heterocycles. The standard InChI is InChI=1S/C7H6ClNO/c1-5-3-9-6(4-10)2-7(5)8/h2-4H,1H3. The molecule has 10 heavy (non-hydrogen) atoms. The van der Waals surface area contributed by atoms with Crippen LogP contribution in [0.15, 0.2) is 12.3 Å². The van der Waals surface area contributed by atoms with Gasteiger partial charge in [-0.3, -0.25) is 9.78 Å². The van der Waals surface area contributed by atoms with Crippen LogP contribution in [0.3, 0.4) is 0 Å². The summed E-state index contributed by atoms with van der Waals surface area (Å²) in [6.07, 6.45) is 2.25. The van der Waals surface area contributed by atoms with Crippen LogP contribution in [0, 0.1) is 6.92 Å². The highest BCUT2D eigenvalue weighted by molar-refractivity contribution is 6.31. The van der Waals surface area contributed by atoms with Crippen molar-refractivity contribution in [2.45, 2.75) is 6.92 Å². The Morgan fingerprint density at radius 1 is 1.70 bits per heavy atom. The number of pyridine rings is 1. The third-order valence-electron chi connectivity index (χ3n) is 1.18. The molecule has 0 amide bonds. The molecule has 2 nitrogen and oxygen atoms in total. The van der Waals surface area contributed by atoms with Crippen LogP contribution in [0.25, 0.3) is 0 Å². The average Bonchev–Trinajstić information content (AvgIpc) is 1.95. The number of hydrogen-bond donors (Lipinski definition) is 0. The number of nitrogens with zero attached hydrogens (tertiary/aromatic N) is 1. The summed E-state index contributed by atoms with van der Waals surface area (Å²) in [7, 11) is 0. The zero-order valence-corrected chi connectivity index (χ0v) is 6.22. The van der Waals surface area contributed by atoms with E-state index in [1.54, 1.807) is 12.3 Å². The molecule has 1 heterocycles. The van der Waals surface area contributed by atoms with Crippen LogP contribution >= 0.6 is 11.6 Å². The maximum absolute atomic E-state index is 10.1. The lowest BCUT2D eigenvalue weighted by Gasteiger charge is -1.94. The van der Waals surface area contributed by atoms with Gasteiger partial charge >= 0.3 is 0 Å². The zero-order valence-electron chi connectivity index (χ0n) is 5.47. The van der Waals surface area contributed by atoms with E-state index in [1.165, 1.54) is 0 Å². The maximum Gasteiger partial charge on any atom is 0.168 e. The van der Waals surface area contributed by atoms with E-state index in [0.29, 0.717) is 17.0 Å². The molecule has 0 aliphatic carbocycles. The van der Waals surface area contributed by atoms with Gasteiger partial charge in [-0.2, -0.15) is 0 Å². The summed E-state index contributed by atoms with van der Waals surface area (Å²) in [5.41, 5.74) is 1.25. The van der Waals surface area contributed by atoms with Crippen LogP contribution < -0.4 is 0 Å².